The van der Waals surface area contributed by atoms with Crippen molar-refractivity contribution in [2.45, 2.75) is 45.1 Å². The molecule has 0 aromatic carbocycles. The van der Waals surface area contributed by atoms with Crippen LogP contribution in [0.2, 0.25) is 0 Å². The Labute approximate surface area is 121 Å². The van der Waals surface area contributed by atoms with Crippen LogP contribution in [0.1, 0.15) is 45.2 Å². The van der Waals surface area contributed by atoms with Crippen LogP contribution in [0, 0.1) is 11.3 Å². The number of ether oxygens (including phenoxy) is 1. The van der Waals surface area contributed by atoms with Gasteiger partial charge in [0.05, 0.1) is 17.7 Å². The van der Waals surface area contributed by atoms with Gasteiger partial charge in [0.1, 0.15) is 10.2 Å². The number of halogens is 1. The zero-order valence-electron chi connectivity index (χ0n) is 11.3. The summed E-state index contributed by atoms with van der Waals surface area (Å²) in [6.45, 7) is 5.47. The van der Waals surface area contributed by atoms with Crippen LogP contribution in [0.25, 0.3) is 0 Å². The number of esters is 1. The summed E-state index contributed by atoms with van der Waals surface area (Å²) >= 11 is 3.27. The second-order valence-electron chi connectivity index (χ2n) is 5.19. The molecule has 0 aliphatic carbocycles. The fraction of sp³-hybridized carbons (Fsp3) is 0.500. The monoisotopic (exact) mass is 324 g/mol. The first-order valence-corrected chi connectivity index (χ1v) is 6.85. The summed E-state index contributed by atoms with van der Waals surface area (Å²) in [5.74, 6) is -0.687. The van der Waals surface area contributed by atoms with E-state index in [4.69, 9.17) is 10.00 Å². The van der Waals surface area contributed by atoms with Gasteiger partial charge in [-0.25, -0.2) is 4.98 Å². The van der Waals surface area contributed by atoms with E-state index in [0.717, 1.165) is 0 Å². The zero-order chi connectivity index (χ0) is 14.5. The lowest BCUT2D eigenvalue weighted by Crippen LogP contribution is -2.24. The minimum absolute atomic E-state index is 0.212. The highest BCUT2D eigenvalue weighted by molar-refractivity contribution is 9.10. The van der Waals surface area contributed by atoms with E-state index in [-0.39, 0.29) is 12.4 Å². The number of aromatic nitrogens is 1. The van der Waals surface area contributed by atoms with Crippen molar-refractivity contribution in [3.63, 3.8) is 0 Å². The summed E-state index contributed by atoms with van der Waals surface area (Å²) in [5.41, 5.74) is 0.174. The van der Waals surface area contributed by atoms with Gasteiger partial charge >= 0.3 is 5.97 Å². The summed E-state index contributed by atoms with van der Waals surface area (Å²) in [6, 6.07) is 7.58. The van der Waals surface area contributed by atoms with Crippen molar-refractivity contribution in [2.24, 2.45) is 0 Å². The molecule has 4 nitrogen and oxygen atoms in total. The van der Waals surface area contributed by atoms with Gasteiger partial charge in [-0.1, -0.05) is 6.07 Å². The molecule has 0 radical (unpaired) electrons. The maximum absolute atomic E-state index is 11.6. The van der Waals surface area contributed by atoms with Gasteiger partial charge in [0.25, 0.3) is 0 Å². The third kappa shape index (κ3) is 5.84. The number of carbonyl (C=O) groups excluding carboxylic acids is 1. The van der Waals surface area contributed by atoms with E-state index < -0.39 is 11.5 Å². The van der Waals surface area contributed by atoms with Crippen LogP contribution < -0.4 is 0 Å². The first-order chi connectivity index (χ1) is 8.81. The van der Waals surface area contributed by atoms with Crippen LogP contribution in [0.4, 0.5) is 0 Å². The molecular formula is C14H17BrN2O2. The molecule has 0 spiro atoms. The van der Waals surface area contributed by atoms with Crippen LogP contribution in [-0.4, -0.2) is 16.6 Å². The Balaban J connectivity index is 2.60. The SMILES string of the molecule is CC(C)(C)OC(=O)CCC(C#N)c1cccc(Br)n1. The van der Waals surface area contributed by atoms with Gasteiger partial charge in [-0.2, -0.15) is 5.26 Å². The molecule has 1 aromatic rings. The topological polar surface area (TPSA) is 63.0 Å². The van der Waals surface area contributed by atoms with E-state index in [0.29, 0.717) is 16.7 Å². The van der Waals surface area contributed by atoms with Crippen molar-refractivity contribution >= 4 is 21.9 Å². The van der Waals surface area contributed by atoms with Crippen molar-refractivity contribution < 1.29 is 9.53 Å². The highest BCUT2D eigenvalue weighted by Gasteiger charge is 2.19. The number of hydrogen-bond donors (Lipinski definition) is 0. The quantitative estimate of drug-likeness (QED) is 0.627. The van der Waals surface area contributed by atoms with Crippen molar-refractivity contribution in [3.05, 3.63) is 28.5 Å². The van der Waals surface area contributed by atoms with E-state index in [1.165, 1.54) is 0 Å². The van der Waals surface area contributed by atoms with Gasteiger partial charge in [-0.15, -0.1) is 0 Å². The molecule has 0 N–H and O–H groups in total. The predicted octanol–water partition coefficient (Wildman–Crippen LogP) is 3.57. The van der Waals surface area contributed by atoms with E-state index in [9.17, 15) is 4.79 Å². The Kier molecular flexibility index (Phi) is 5.49. The molecule has 0 aliphatic rings. The van der Waals surface area contributed by atoms with Crippen LogP contribution in [0.5, 0.6) is 0 Å². The zero-order valence-corrected chi connectivity index (χ0v) is 12.9. The molecule has 0 saturated heterocycles. The van der Waals surface area contributed by atoms with Gasteiger partial charge in [0.2, 0.25) is 0 Å². The molecular weight excluding hydrogens is 308 g/mol. The molecule has 1 atom stereocenters. The number of nitrogens with zero attached hydrogens (tertiary/aromatic N) is 2. The van der Waals surface area contributed by atoms with Gasteiger partial charge in [-0.3, -0.25) is 4.79 Å². The van der Waals surface area contributed by atoms with Gasteiger partial charge < -0.3 is 4.74 Å². The normalized spacial score (nSPS) is 12.6. The molecule has 19 heavy (non-hydrogen) atoms. The average Bonchev–Trinajstić information content (AvgIpc) is 2.27. The van der Waals surface area contributed by atoms with Crippen LogP contribution in [0.15, 0.2) is 22.8 Å². The standard InChI is InChI=1S/C14H17BrN2O2/c1-14(2,3)19-13(18)8-7-10(9-16)11-5-4-6-12(15)17-11/h4-6,10H,7-8H2,1-3H3. The molecule has 0 fully saturated rings. The number of nitriles is 1. The lowest BCUT2D eigenvalue weighted by Gasteiger charge is -2.19. The number of rotatable bonds is 4. The van der Waals surface area contributed by atoms with Gasteiger partial charge in [0.15, 0.2) is 0 Å². The smallest absolute Gasteiger partial charge is 0.306 e. The average molecular weight is 325 g/mol. The van der Waals surface area contributed by atoms with Crippen molar-refractivity contribution in [3.8, 4) is 6.07 Å². The van der Waals surface area contributed by atoms with E-state index in [2.05, 4.69) is 27.0 Å². The molecule has 0 amide bonds. The summed E-state index contributed by atoms with van der Waals surface area (Å²) < 4.78 is 5.90. The fourth-order valence-corrected chi connectivity index (χ4v) is 1.91. The molecule has 1 rings (SSSR count). The highest BCUT2D eigenvalue weighted by atomic mass is 79.9. The molecule has 1 heterocycles. The number of pyridine rings is 1. The second kappa shape index (κ2) is 6.67. The van der Waals surface area contributed by atoms with Crippen molar-refractivity contribution in [2.75, 3.05) is 0 Å². The summed E-state index contributed by atoms with van der Waals surface area (Å²) in [4.78, 5) is 15.9. The second-order valence-corrected chi connectivity index (χ2v) is 6.00. The third-order valence-corrected chi connectivity index (χ3v) is 2.75. The Bertz CT molecular complexity index is 489. The van der Waals surface area contributed by atoms with Gasteiger partial charge in [0, 0.05) is 6.42 Å². The minimum Gasteiger partial charge on any atom is -0.460 e. The number of hydrogen-bond acceptors (Lipinski definition) is 4. The molecule has 1 unspecified atom stereocenters. The summed E-state index contributed by atoms with van der Waals surface area (Å²) in [5, 5.41) is 9.16. The van der Waals surface area contributed by atoms with Crippen molar-refractivity contribution in [1.82, 2.24) is 4.98 Å². The molecule has 102 valence electrons. The molecule has 0 saturated carbocycles. The van der Waals surface area contributed by atoms with E-state index in [1.807, 2.05) is 26.8 Å². The van der Waals surface area contributed by atoms with E-state index >= 15 is 0 Å². The van der Waals surface area contributed by atoms with Crippen LogP contribution >= 0.6 is 15.9 Å². The fourth-order valence-electron chi connectivity index (χ4n) is 1.55. The third-order valence-electron chi connectivity index (χ3n) is 2.31. The molecule has 0 aliphatic heterocycles. The Morgan fingerprint density at radius 3 is 2.74 bits per heavy atom. The first kappa shape index (κ1) is 15.6. The lowest BCUT2D eigenvalue weighted by molar-refractivity contribution is -0.154. The largest absolute Gasteiger partial charge is 0.460 e. The molecule has 1 aromatic heterocycles. The minimum atomic E-state index is -0.493. The highest BCUT2D eigenvalue weighted by Crippen LogP contribution is 2.21. The maximum Gasteiger partial charge on any atom is 0.306 e. The molecule has 5 heteroatoms. The Morgan fingerprint density at radius 2 is 2.21 bits per heavy atom. The van der Waals surface area contributed by atoms with Crippen LogP contribution in [0.3, 0.4) is 0 Å². The Hall–Kier alpha value is -1.41. The summed E-state index contributed by atoms with van der Waals surface area (Å²) in [6.07, 6.45) is 0.624. The Morgan fingerprint density at radius 1 is 1.53 bits per heavy atom. The van der Waals surface area contributed by atoms with Crippen LogP contribution in [-0.2, 0) is 9.53 Å². The lowest BCUT2D eigenvalue weighted by atomic mass is 10.0. The molecule has 0 bridgehead atoms. The van der Waals surface area contributed by atoms with Crippen molar-refractivity contribution in [1.29, 1.82) is 5.26 Å². The summed E-state index contributed by atoms with van der Waals surface area (Å²) in [7, 11) is 0. The maximum atomic E-state index is 11.6. The number of carbonyl (C=O) groups is 1. The first-order valence-electron chi connectivity index (χ1n) is 6.06. The van der Waals surface area contributed by atoms with E-state index in [1.54, 1.807) is 12.1 Å². The van der Waals surface area contributed by atoms with Gasteiger partial charge in [-0.05, 0) is 55.3 Å². The predicted molar refractivity (Wildman–Crippen MR) is 75.4 cm³/mol.